The van der Waals surface area contributed by atoms with Crippen molar-refractivity contribution >= 4 is 11.9 Å². The summed E-state index contributed by atoms with van der Waals surface area (Å²) in [6.07, 6.45) is -3.51. The van der Waals surface area contributed by atoms with Crippen LogP contribution in [0.1, 0.15) is 30.1 Å². The summed E-state index contributed by atoms with van der Waals surface area (Å²) < 4.78 is 9.95. The lowest BCUT2D eigenvalue weighted by Gasteiger charge is -2.43. The van der Waals surface area contributed by atoms with Crippen LogP contribution in [0.15, 0.2) is 30.3 Å². The van der Waals surface area contributed by atoms with Gasteiger partial charge in [0, 0.05) is 6.92 Å². The molecule has 0 aromatic heterocycles. The van der Waals surface area contributed by atoms with Crippen molar-refractivity contribution in [1.29, 1.82) is 0 Å². The minimum absolute atomic E-state index is 0.106. The van der Waals surface area contributed by atoms with Crippen LogP contribution in [0.4, 0.5) is 0 Å². The van der Waals surface area contributed by atoms with Crippen molar-refractivity contribution in [3.63, 3.8) is 0 Å². The van der Waals surface area contributed by atoms with E-state index in [9.17, 15) is 24.9 Å². The lowest BCUT2D eigenvalue weighted by atomic mass is 9.78. The van der Waals surface area contributed by atoms with Gasteiger partial charge < -0.3 is 24.8 Å². The van der Waals surface area contributed by atoms with E-state index in [1.165, 1.54) is 6.92 Å². The van der Waals surface area contributed by atoms with E-state index in [1.54, 1.807) is 30.3 Å². The summed E-state index contributed by atoms with van der Waals surface area (Å²) >= 11 is 0. The lowest BCUT2D eigenvalue weighted by Crippen LogP contribution is -2.63. The second-order valence-corrected chi connectivity index (χ2v) is 5.62. The van der Waals surface area contributed by atoms with Crippen molar-refractivity contribution in [3.05, 3.63) is 35.9 Å². The lowest BCUT2D eigenvalue weighted by molar-refractivity contribution is -0.224. The van der Waals surface area contributed by atoms with Gasteiger partial charge in [-0.3, -0.25) is 4.79 Å². The van der Waals surface area contributed by atoms with Crippen LogP contribution in [-0.2, 0) is 14.3 Å². The van der Waals surface area contributed by atoms with Crippen molar-refractivity contribution in [2.75, 3.05) is 6.61 Å². The van der Waals surface area contributed by atoms with E-state index in [1.807, 2.05) is 0 Å². The zero-order valence-corrected chi connectivity index (χ0v) is 12.7. The third-order valence-electron chi connectivity index (χ3n) is 3.93. The molecule has 4 atom stereocenters. The first-order valence-corrected chi connectivity index (χ1v) is 7.32. The Kier molecular flexibility index (Phi) is 5.35. The quantitative estimate of drug-likeness (QED) is 0.669. The van der Waals surface area contributed by atoms with E-state index in [4.69, 9.17) is 9.47 Å². The molecule has 1 fully saturated rings. The van der Waals surface area contributed by atoms with Crippen LogP contribution < -0.4 is 0 Å². The summed E-state index contributed by atoms with van der Waals surface area (Å²) in [5.74, 6) is -1.29. The number of aliphatic hydroxyl groups excluding tert-OH is 2. The predicted octanol–water partition coefficient (Wildman–Crippen LogP) is 0.0218. The van der Waals surface area contributed by atoms with E-state index >= 15 is 0 Å². The van der Waals surface area contributed by atoms with Crippen molar-refractivity contribution < 1.29 is 34.4 Å². The molecule has 1 saturated carbocycles. The topological polar surface area (TPSA) is 113 Å². The first kappa shape index (κ1) is 17.4. The van der Waals surface area contributed by atoms with Gasteiger partial charge in [0.2, 0.25) is 0 Å². The SMILES string of the molecule is CC(=O)O[C@@H]1CC[C@H](O)[C@](O)(COC(=O)c2ccccc2)[C@H]1O. The molecule has 0 amide bonds. The van der Waals surface area contributed by atoms with Gasteiger partial charge >= 0.3 is 11.9 Å². The number of hydrogen-bond donors (Lipinski definition) is 3. The Hall–Kier alpha value is -1.96. The average molecular weight is 324 g/mol. The largest absolute Gasteiger partial charge is 0.460 e. The molecule has 23 heavy (non-hydrogen) atoms. The minimum Gasteiger partial charge on any atom is -0.460 e. The Balaban J connectivity index is 2.05. The highest BCUT2D eigenvalue weighted by atomic mass is 16.6. The molecule has 0 bridgehead atoms. The molecule has 0 saturated heterocycles. The van der Waals surface area contributed by atoms with Crippen LogP contribution in [-0.4, -0.2) is 57.8 Å². The van der Waals surface area contributed by atoms with Crippen molar-refractivity contribution in [1.82, 2.24) is 0 Å². The monoisotopic (exact) mass is 324 g/mol. The van der Waals surface area contributed by atoms with Crippen LogP contribution in [0.25, 0.3) is 0 Å². The van der Waals surface area contributed by atoms with Gasteiger partial charge in [-0.15, -0.1) is 0 Å². The summed E-state index contributed by atoms with van der Waals surface area (Å²) in [5.41, 5.74) is -1.81. The van der Waals surface area contributed by atoms with Crippen molar-refractivity contribution in [2.24, 2.45) is 0 Å². The highest BCUT2D eigenvalue weighted by Gasteiger charge is 2.52. The highest BCUT2D eigenvalue weighted by Crippen LogP contribution is 2.31. The van der Waals surface area contributed by atoms with Crippen LogP contribution in [0.2, 0.25) is 0 Å². The third kappa shape index (κ3) is 3.87. The molecule has 1 aromatic rings. The van der Waals surface area contributed by atoms with Crippen molar-refractivity contribution in [3.8, 4) is 0 Å². The third-order valence-corrected chi connectivity index (χ3v) is 3.93. The van der Waals surface area contributed by atoms with Gasteiger partial charge in [-0.25, -0.2) is 4.79 Å². The zero-order valence-electron chi connectivity index (χ0n) is 12.7. The molecule has 1 aromatic carbocycles. The van der Waals surface area contributed by atoms with Crippen LogP contribution in [0, 0.1) is 0 Å². The maximum atomic E-state index is 11.9. The number of rotatable bonds is 4. The molecule has 1 aliphatic rings. The number of ether oxygens (including phenoxy) is 2. The molecule has 2 rings (SSSR count). The number of carbonyl (C=O) groups excluding carboxylic acids is 2. The number of esters is 2. The summed E-state index contributed by atoms with van der Waals surface area (Å²) in [4.78, 5) is 23.0. The Bertz CT molecular complexity index is 559. The summed E-state index contributed by atoms with van der Waals surface area (Å²) in [5, 5.41) is 30.7. The van der Waals surface area contributed by atoms with E-state index in [0.29, 0.717) is 0 Å². The van der Waals surface area contributed by atoms with E-state index in [2.05, 4.69) is 0 Å². The summed E-state index contributed by atoms with van der Waals surface area (Å²) in [7, 11) is 0. The first-order valence-electron chi connectivity index (χ1n) is 7.32. The molecule has 0 spiro atoms. The molecule has 0 heterocycles. The van der Waals surface area contributed by atoms with Gasteiger partial charge in [0.05, 0.1) is 11.7 Å². The zero-order chi connectivity index (χ0) is 17.0. The second kappa shape index (κ2) is 7.08. The van der Waals surface area contributed by atoms with Gasteiger partial charge in [0.1, 0.15) is 18.8 Å². The molecule has 7 heteroatoms. The second-order valence-electron chi connectivity index (χ2n) is 5.62. The standard InChI is InChI=1S/C16H20O7/c1-10(17)23-12-7-8-13(18)16(21,14(12)19)9-22-15(20)11-5-3-2-4-6-11/h2-6,12-14,18-19,21H,7-9H2,1H3/t12-,13+,14+,16-/m1/s1. The summed E-state index contributed by atoms with van der Waals surface area (Å²) in [6.45, 7) is 0.576. The maximum Gasteiger partial charge on any atom is 0.338 e. The smallest absolute Gasteiger partial charge is 0.338 e. The van der Waals surface area contributed by atoms with Gasteiger partial charge in [-0.05, 0) is 25.0 Å². The molecule has 0 aliphatic heterocycles. The van der Waals surface area contributed by atoms with Gasteiger partial charge in [-0.2, -0.15) is 0 Å². The first-order chi connectivity index (χ1) is 10.8. The molecule has 0 radical (unpaired) electrons. The normalized spacial score (nSPS) is 30.5. The van der Waals surface area contributed by atoms with E-state index in [0.717, 1.165) is 0 Å². The Morgan fingerprint density at radius 3 is 2.48 bits per heavy atom. The fraction of sp³-hybridized carbons (Fsp3) is 0.500. The van der Waals surface area contributed by atoms with Crippen LogP contribution >= 0.6 is 0 Å². The summed E-state index contributed by atoms with van der Waals surface area (Å²) in [6, 6.07) is 8.14. The minimum atomic E-state index is -2.09. The molecule has 3 N–H and O–H groups in total. The number of carbonyl (C=O) groups is 2. The van der Waals surface area contributed by atoms with E-state index < -0.39 is 42.5 Å². The Morgan fingerprint density at radius 1 is 1.22 bits per heavy atom. The molecule has 7 nitrogen and oxygen atoms in total. The Morgan fingerprint density at radius 2 is 1.87 bits per heavy atom. The Labute approximate surface area is 133 Å². The van der Waals surface area contributed by atoms with Gasteiger partial charge in [-0.1, -0.05) is 18.2 Å². The number of benzene rings is 1. The van der Waals surface area contributed by atoms with Gasteiger partial charge in [0.25, 0.3) is 0 Å². The molecule has 126 valence electrons. The van der Waals surface area contributed by atoms with Gasteiger partial charge in [0.15, 0.2) is 5.60 Å². The van der Waals surface area contributed by atoms with E-state index in [-0.39, 0.29) is 18.4 Å². The van der Waals surface area contributed by atoms with Crippen molar-refractivity contribution in [2.45, 2.75) is 43.7 Å². The van der Waals surface area contributed by atoms with Crippen LogP contribution in [0.5, 0.6) is 0 Å². The molecule has 0 unspecified atom stereocenters. The number of aliphatic hydroxyl groups is 3. The fourth-order valence-corrected chi connectivity index (χ4v) is 2.61. The number of hydrogen-bond acceptors (Lipinski definition) is 7. The highest BCUT2D eigenvalue weighted by molar-refractivity contribution is 5.89. The van der Waals surface area contributed by atoms with Crippen LogP contribution in [0.3, 0.4) is 0 Å². The molecular formula is C16H20O7. The molecule has 1 aliphatic carbocycles. The fourth-order valence-electron chi connectivity index (χ4n) is 2.61. The predicted molar refractivity (Wildman–Crippen MR) is 78.5 cm³/mol. The molecular weight excluding hydrogens is 304 g/mol. The average Bonchev–Trinajstić information content (AvgIpc) is 2.54. The maximum absolute atomic E-state index is 11.9.